The van der Waals surface area contributed by atoms with Crippen LogP contribution in [0.3, 0.4) is 0 Å². The molecule has 0 saturated carbocycles. The molecular weight excluding hydrogens is 352 g/mol. The number of hydrogen-bond donors (Lipinski definition) is 1. The number of nitriles is 1. The molecule has 1 aliphatic heterocycles. The predicted molar refractivity (Wildman–Crippen MR) is 98.5 cm³/mol. The molecule has 0 bridgehead atoms. The van der Waals surface area contributed by atoms with E-state index in [1.54, 1.807) is 24.3 Å². The molecule has 2 aromatic rings. The largest absolute Gasteiger partial charge is 0.489 e. The third-order valence-corrected chi connectivity index (χ3v) is 4.42. The van der Waals surface area contributed by atoms with Gasteiger partial charge in [-0.05, 0) is 42.3 Å². The van der Waals surface area contributed by atoms with Crippen molar-refractivity contribution < 1.29 is 14.3 Å². The van der Waals surface area contributed by atoms with E-state index in [0.717, 1.165) is 17.5 Å². The van der Waals surface area contributed by atoms with E-state index in [0.29, 0.717) is 35.3 Å². The fraction of sp³-hybridized carbons (Fsp3) is 0.300. The van der Waals surface area contributed by atoms with Crippen LogP contribution in [0.4, 0.5) is 0 Å². The Morgan fingerprint density at radius 3 is 2.73 bits per heavy atom. The molecular formula is C20H19ClN2O3. The fourth-order valence-corrected chi connectivity index (χ4v) is 3.08. The summed E-state index contributed by atoms with van der Waals surface area (Å²) in [4.78, 5) is 12.4. The van der Waals surface area contributed by atoms with Crippen LogP contribution in [-0.4, -0.2) is 19.1 Å². The lowest BCUT2D eigenvalue weighted by Gasteiger charge is -2.15. The summed E-state index contributed by atoms with van der Waals surface area (Å²) in [6.07, 6.45) is 0.986. The molecule has 2 aromatic carbocycles. The summed E-state index contributed by atoms with van der Waals surface area (Å²) in [6, 6.07) is 12.6. The summed E-state index contributed by atoms with van der Waals surface area (Å²) in [5.74, 6) is 1.00. The van der Waals surface area contributed by atoms with Gasteiger partial charge in [0.2, 0.25) is 5.91 Å². The summed E-state index contributed by atoms with van der Waals surface area (Å²) in [7, 11) is 0. The summed E-state index contributed by atoms with van der Waals surface area (Å²) in [6.45, 7) is 3.03. The van der Waals surface area contributed by atoms with E-state index in [4.69, 9.17) is 26.3 Å². The van der Waals surface area contributed by atoms with Gasteiger partial charge in [0.15, 0.2) is 11.5 Å². The van der Waals surface area contributed by atoms with Crippen molar-refractivity contribution in [2.45, 2.75) is 25.8 Å². The molecule has 0 fully saturated rings. The van der Waals surface area contributed by atoms with Crippen LogP contribution in [-0.2, 0) is 11.2 Å². The van der Waals surface area contributed by atoms with Gasteiger partial charge in [0, 0.05) is 6.42 Å². The Morgan fingerprint density at radius 1 is 1.27 bits per heavy atom. The van der Waals surface area contributed by atoms with Gasteiger partial charge in [-0.25, -0.2) is 0 Å². The van der Waals surface area contributed by atoms with Crippen molar-refractivity contribution >= 4 is 17.5 Å². The molecule has 1 aliphatic rings. The van der Waals surface area contributed by atoms with Crippen molar-refractivity contribution in [1.82, 2.24) is 5.32 Å². The zero-order chi connectivity index (χ0) is 18.5. The molecule has 1 amide bonds. The van der Waals surface area contributed by atoms with Gasteiger partial charge in [-0.2, -0.15) is 5.26 Å². The first-order valence-electron chi connectivity index (χ1n) is 8.44. The Kier molecular flexibility index (Phi) is 5.65. The highest BCUT2D eigenvalue weighted by atomic mass is 35.5. The van der Waals surface area contributed by atoms with Crippen LogP contribution in [0.15, 0.2) is 36.4 Å². The van der Waals surface area contributed by atoms with Crippen molar-refractivity contribution in [3.63, 3.8) is 0 Å². The van der Waals surface area contributed by atoms with Crippen LogP contribution < -0.4 is 14.8 Å². The normalized spacial score (nSPS) is 14.0. The molecule has 0 aliphatic carbocycles. The van der Waals surface area contributed by atoms with E-state index in [1.165, 1.54) is 0 Å². The number of nitrogens with zero attached hydrogens (tertiary/aromatic N) is 1. The Labute approximate surface area is 157 Å². The number of carbonyl (C=O) groups excluding carboxylic acids is 1. The monoisotopic (exact) mass is 370 g/mol. The number of halogens is 1. The highest BCUT2D eigenvalue weighted by Crippen LogP contribution is 2.38. The van der Waals surface area contributed by atoms with Gasteiger partial charge in [0.05, 0.1) is 42.3 Å². The Hall–Kier alpha value is -2.71. The van der Waals surface area contributed by atoms with Gasteiger partial charge in [-0.3, -0.25) is 4.79 Å². The van der Waals surface area contributed by atoms with Crippen molar-refractivity contribution in [3.8, 4) is 17.6 Å². The SMILES string of the molecule is CC(NC(=O)Cc1cc(Cl)c2c(c1)OCCCO2)c1ccc(C#N)cc1. The maximum Gasteiger partial charge on any atom is 0.224 e. The van der Waals surface area contributed by atoms with E-state index in [-0.39, 0.29) is 18.4 Å². The summed E-state index contributed by atoms with van der Waals surface area (Å²) >= 11 is 6.27. The Morgan fingerprint density at radius 2 is 2.00 bits per heavy atom. The molecule has 3 rings (SSSR count). The van der Waals surface area contributed by atoms with Crippen molar-refractivity contribution in [3.05, 3.63) is 58.1 Å². The lowest BCUT2D eigenvalue weighted by Crippen LogP contribution is -2.28. The lowest BCUT2D eigenvalue weighted by molar-refractivity contribution is -0.121. The van der Waals surface area contributed by atoms with E-state index >= 15 is 0 Å². The van der Waals surface area contributed by atoms with Crippen LogP contribution >= 0.6 is 11.6 Å². The molecule has 0 spiro atoms. The standard InChI is InChI=1S/C20H19ClN2O3/c1-13(16-5-3-14(12-22)4-6-16)23-19(24)11-15-9-17(21)20-18(10-15)25-7-2-8-26-20/h3-6,9-10,13H,2,7-8,11H2,1H3,(H,23,24). The quantitative estimate of drug-likeness (QED) is 0.888. The van der Waals surface area contributed by atoms with Gasteiger partial charge in [0.25, 0.3) is 0 Å². The highest BCUT2D eigenvalue weighted by molar-refractivity contribution is 6.32. The molecule has 0 saturated heterocycles. The number of rotatable bonds is 4. The second-order valence-corrected chi connectivity index (χ2v) is 6.56. The van der Waals surface area contributed by atoms with E-state index in [1.807, 2.05) is 19.1 Å². The highest BCUT2D eigenvalue weighted by Gasteiger charge is 2.17. The van der Waals surface area contributed by atoms with E-state index in [9.17, 15) is 4.79 Å². The average Bonchev–Trinajstić information content (AvgIpc) is 2.87. The molecule has 6 heteroatoms. The summed E-state index contributed by atoms with van der Waals surface area (Å²) in [5, 5.41) is 12.3. The first-order valence-corrected chi connectivity index (χ1v) is 8.82. The Balaban J connectivity index is 1.67. The van der Waals surface area contributed by atoms with Crippen LogP contribution in [0.25, 0.3) is 0 Å². The molecule has 1 heterocycles. The van der Waals surface area contributed by atoms with E-state index < -0.39 is 0 Å². The molecule has 1 unspecified atom stereocenters. The van der Waals surface area contributed by atoms with Gasteiger partial charge in [0.1, 0.15) is 0 Å². The van der Waals surface area contributed by atoms with Gasteiger partial charge in [-0.15, -0.1) is 0 Å². The first kappa shape index (κ1) is 18.1. The smallest absolute Gasteiger partial charge is 0.224 e. The van der Waals surface area contributed by atoms with Crippen LogP contribution in [0.2, 0.25) is 5.02 Å². The molecule has 134 valence electrons. The number of amides is 1. The second-order valence-electron chi connectivity index (χ2n) is 6.16. The maximum absolute atomic E-state index is 12.4. The molecule has 26 heavy (non-hydrogen) atoms. The number of ether oxygens (including phenoxy) is 2. The van der Waals surface area contributed by atoms with Gasteiger partial charge < -0.3 is 14.8 Å². The zero-order valence-electron chi connectivity index (χ0n) is 14.4. The topological polar surface area (TPSA) is 71.3 Å². The number of fused-ring (bicyclic) bond motifs is 1. The van der Waals surface area contributed by atoms with Crippen LogP contribution in [0, 0.1) is 11.3 Å². The average molecular weight is 371 g/mol. The first-order chi connectivity index (χ1) is 12.6. The van der Waals surface area contributed by atoms with Crippen molar-refractivity contribution in [2.24, 2.45) is 0 Å². The lowest BCUT2D eigenvalue weighted by atomic mass is 10.1. The minimum atomic E-state index is -0.161. The molecule has 5 nitrogen and oxygen atoms in total. The predicted octanol–water partition coefficient (Wildman–Crippen LogP) is 3.79. The second kappa shape index (κ2) is 8.11. The number of hydrogen-bond acceptors (Lipinski definition) is 4. The molecule has 1 N–H and O–H groups in total. The number of nitrogens with one attached hydrogen (secondary N) is 1. The van der Waals surface area contributed by atoms with E-state index in [2.05, 4.69) is 11.4 Å². The molecule has 1 atom stereocenters. The van der Waals surface area contributed by atoms with Gasteiger partial charge in [-0.1, -0.05) is 23.7 Å². The van der Waals surface area contributed by atoms with Crippen molar-refractivity contribution in [1.29, 1.82) is 5.26 Å². The molecule has 0 radical (unpaired) electrons. The number of benzene rings is 2. The van der Waals surface area contributed by atoms with Crippen molar-refractivity contribution in [2.75, 3.05) is 13.2 Å². The third-order valence-electron chi connectivity index (χ3n) is 4.14. The number of carbonyl (C=O) groups is 1. The summed E-state index contributed by atoms with van der Waals surface area (Å²) < 4.78 is 11.3. The molecule has 0 aromatic heterocycles. The fourth-order valence-electron chi connectivity index (χ4n) is 2.79. The van der Waals surface area contributed by atoms with Crippen LogP contribution in [0.5, 0.6) is 11.5 Å². The van der Waals surface area contributed by atoms with Gasteiger partial charge >= 0.3 is 0 Å². The van der Waals surface area contributed by atoms with Crippen LogP contribution in [0.1, 0.15) is 36.1 Å². The zero-order valence-corrected chi connectivity index (χ0v) is 15.2. The maximum atomic E-state index is 12.4. The minimum Gasteiger partial charge on any atom is -0.489 e. The summed E-state index contributed by atoms with van der Waals surface area (Å²) in [5.41, 5.74) is 2.30. The Bertz CT molecular complexity index is 843. The third kappa shape index (κ3) is 4.27. The minimum absolute atomic E-state index is 0.118.